The topological polar surface area (TPSA) is 202 Å². The Morgan fingerprint density at radius 3 is 1.38 bits per heavy atom. The number of aromatic nitrogens is 4. The molecule has 17 nitrogen and oxygen atoms in total. The molecule has 2 aliphatic heterocycles. The standard InChI is InChI=1S/C51H54Cl6N8O9S3/c1-4-58-42-28-34(52)37(55)31-45(42)63(48(58)16-11-17-49-59(5-2)43-29-35(53)38(56)32-46(43)64(49)23-26-76(69,70)71)21-10-9-20-61-40-14-7-8-15-41(40)62(22-13-25-75(66,67)68)51(61)19-12-18-50-60(6-3)44-30-36(54)39(57)33-47(44)65(50)24-27-77(72,73)74/h7-8,11-12,14-19,28-33H,4-6,9-10,13,20-27H2,1-3H3,(H-2,66,67,68,69,70,71,72,73,74)/p-1. The van der Waals surface area contributed by atoms with Crippen molar-refractivity contribution in [2.75, 3.05) is 63.0 Å². The second-order valence-corrected chi connectivity index (χ2v) is 25.1. The first-order chi connectivity index (χ1) is 36.4. The van der Waals surface area contributed by atoms with Gasteiger partial charge >= 0.3 is 0 Å². The fourth-order valence-corrected chi connectivity index (χ4v) is 12.3. The summed E-state index contributed by atoms with van der Waals surface area (Å²) in [6.07, 6.45) is 12.5. The minimum absolute atomic E-state index is 0.0498. The molecule has 0 radical (unpaired) electrons. The fraction of sp³-hybridized carbons (Fsp3) is 0.333. The van der Waals surface area contributed by atoms with E-state index in [4.69, 9.17) is 69.6 Å². The highest BCUT2D eigenvalue weighted by molar-refractivity contribution is 7.86. The van der Waals surface area contributed by atoms with E-state index >= 15 is 0 Å². The SMILES string of the molecule is CCN1C(=CC=Cc2n(CC)c3cc(Cl)c(Cl)cc3[n+]2CCCCn2c(C=CC=C3N(CC)c4cc(Cl)c(Cl)cc4N3CCS(=O)(=O)[O-])[n+](CCCS(=O)(=O)[O-])c3ccccc32)N(CCS(=O)(=O)[O-])c2cc(Cl)c(Cl)cc21. The van der Waals surface area contributed by atoms with Crippen molar-refractivity contribution < 1.29 is 48.0 Å². The summed E-state index contributed by atoms with van der Waals surface area (Å²) in [4.78, 5) is 7.34. The van der Waals surface area contributed by atoms with Gasteiger partial charge in [-0.1, -0.05) is 93.9 Å². The normalized spacial score (nSPS) is 15.4. The molecule has 4 heterocycles. The number of hydrogen-bond acceptors (Lipinski definition) is 13. The van der Waals surface area contributed by atoms with Gasteiger partial charge in [-0.25, -0.2) is 43.5 Å². The molecule has 0 saturated carbocycles. The summed E-state index contributed by atoms with van der Waals surface area (Å²) in [5, 5.41) is 1.90. The van der Waals surface area contributed by atoms with E-state index in [9.17, 15) is 38.9 Å². The molecule has 77 heavy (non-hydrogen) atoms. The molecule has 2 aromatic heterocycles. The van der Waals surface area contributed by atoms with Crippen LogP contribution in [0.15, 0.2) is 96.6 Å². The van der Waals surface area contributed by atoms with Gasteiger partial charge in [-0.3, -0.25) is 0 Å². The fourth-order valence-electron chi connectivity index (χ4n) is 10.0. The first-order valence-electron chi connectivity index (χ1n) is 24.5. The van der Waals surface area contributed by atoms with Crippen molar-refractivity contribution in [3.05, 3.63) is 138 Å². The van der Waals surface area contributed by atoms with Crippen molar-refractivity contribution in [1.82, 2.24) is 9.13 Å². The van der Waals surface area contributed by atoms with Crippen LogP contribution in [0.25, 0.3) is 34.2 Å². The Balaban J connectivity index is 1.15. The van der Waals surface area contributed by atoms with E-state index in [0.717, 1.165) is 27.9 Å². The van der Waals surface area contributed by atoms with E-state index in [1.54, 1.807) is 46.2 Å². The predicted octanol–water partition coefficient (Wildman–Crippen LogP) is 10.0. The first kappa shape index (κ1) is 58.6. The van der Waals surface area contributed by atoms with Gasteiger partial charge in [0.25, 0.3) is 11.6 Å². The highest BCUT2D eigenvalue weighted by Crippen LogP contribution is 2.47. The van der Waals surface area contributed by atoms with Gasteiger partial charge in [0.15, 0.2) is 22.1 Å². The molecule has 0 spiro atoms. The second kappa shape index (κ2) is 24.0. The summed E-state index contributed by atoms with van der Waals surface area (Å²) < 4.78 is 115. The van der Waals surface area contributed by atoms with Gasteiger partial charge in [0.2, 0.25) is 0 Å². The summed E-state index contributed by atoms with van der Waals surface area (Å²) in [6, 6.07) is 18.0. The van der Waals surface area contributed by atoms with E-state index in [1.807, 2.05) is 95.8 Å². The van der Waals surface area contributed by atoms with Crippen LogP contribution in [0.1, 0.15) is 51.7 Å². The maximum Gasteiger partial charge on any atom is 0.282 e. The van der Waals surface area contributed by atoms with Crippen molar-refractivity contribution in [1.29, 1.82) is 0 Å². The molecule has 0 unspecified atom stereocenters. The Bertz CT molecular complexity index is 3750. The number of halogens is 6. The van der Waals surface area contributed by atoms with Crippen molar-refractivity contribution >= 4 is 157 Å². The summed E-state index contributed by atoms with van der Waals surface area (Å²) >= 11 is 39.1. The van der Waals surface area contributed by atoms with Crippen LogP contribution < -0.4 is 28.7 Å². The number of nitrogens with zero attached hydrogens (tertiary/aromatic N) is 8. The maximum atomic E-state index is 11.9. The van der Waals surface area contributed by atoms with Crippen molar-refractivity contribution in [2.45, 2.75) is 66.2 Å². The van der Waals surface area contributed by atoms with Gasteiger partial charge in [0.05, 0.1) is 121 Å². The molecule has 0 aliphatic carbocycles. The minimum atomic E-state index is -4.60. The molecule has 4 aromatic carbocycles. The quantitative estimate of drug-likeness (QED) is 0.0353. The average Bonchev–Trinajstić information content (AvgIpc) is 4.07. The van der Waals surface area contributed by atoms with Crippen LogP contribution in [-0.2, 0) is 56.5 Å². The molecule has 0 N–H and O–H groups in total. The molecule has 0 bridgehead atoms. The van der Waals surface area contributed by atoms with Gasteiger partial charge in [-0.05, 0) is 88.6 Å². The molecule has 0 atom stereocenters. The number of fused-ring (bicyclic) bond motifs is 4. The van der Waals surface area contributed by atoms with E-state index in [-0.39, 0.29) is 36.1 Å². The largest absolute Gasteiger partial charge is 0.748 e. The monoisotopic (exact) mass is 1230 g/mol. The maximum absolute atomic E-state index is 11.9. The van der Waals surface area contributed by atoms with Crippen LogP contribution in [0, 0.1) is 0 Å². The molecular weight excluding hydrogens is 1180 g/mol. The Morgan fingerprint density at radius 2 is 0.896 bits per heavy atom. The zero-order valence-corrected chi connectivity index (χ0v) is 48.9. The Morgan fingerprint density at radius 1 is 0.468 bits per heavy atom. The lowest BCUT2D eigenvalue weighted by Gasteiger charge is -2.24. The van der Waals surface area contributed by atoms with Crippen LogP contribution in [0.3, 0.4) is 0 Å². The molecule has 6 aromatic rings. The number of aryl methyl sites for hydroxylation is 4. The molecule has 0 fully saturated rings. The van der Waals surface area contributed by atoms with Crippen LogP contribution in [0.4, 0.5) is 22.7 Å². The van der Waals surface area contributed by atoms with Gasteiger partial charge in [-0.15, -0.1) is 0 Å². The van der Waals surface area contributed by atoms with Gasteiger partial charge in [0.1, 0.15) is 11.6 Å². The van der Waals surface area contributed by atoms with E-state index in [1.165, 1.54) is 0 Å². The summed E-state index contributed by atoms with van der Waals surface area (Å²) in [5.74, 6) is 0.802. The van der Waals surface area contributed by atoms with Gasteiger partial charge < -0.3 is 33.3 Å². The highest BCUT2D eigenvalue weighted by atomic mass is 35.5. The van der Waals surface area contributed by atoms with Crippen LogP contribution >= 0.6 is 69.6 Å². The summed E-state index contributed by atoms with van der Waals surface area (Å²) in [6.45, 7) is 8.30. The number of anilines is 4. The Kier molecular flexibility index (Phi) is 18.3. The number of unbranched alkanes of at least 4 members (excludes halogenated alkanes) is 1. The summed E-state index contributed by atoms with van der Waals surface area (Å²) in [5.41, 5.74) is 5.90. The minimum Gasteiger partial charge on any atom is -0.748 e. The molecular formula is C51H53Cl6N8O9S3-. The van der Waals surface area contributed by atoms with E-state index < -0.39 is 47.6 Å². The zero-order chi connectivity index (χ0) is 55.7. The number of imidazole rings is 2. The molecule has 2 aliphatic rings. The third-order valence-electron chi connectivity index (χ3n) is 13.3. The third-order valence-corrected chi connectivity index (χ3v) is 17.6. The van der Waals surface area contributed by atoms with Gasteiger partial charge in [0, 0.05) is 56.2 Å². The van der Waals surface area contributed by atoms with Crippen LogP contribution in [0.2, 0.25) is 30.1 Å². The summed E-state index contributed by atoms with van der Waals surface area (Å²) in [7, 11) is -13.7. The second-order valence-electron chi connectivity index (χ2n) is 18.1. The highest BCUT2D eigenvalue weighted by Gasteiger charge is 2.34. The lowest BCUT2D eigenvalue weighted by Crippen LogP contribution is -2.38. The molecule has 8 rings (SSSR count). The molecule has 412 valence electrons. The third kappa shape index (κ3) is 13.1. The lowest BCUT2D eigenvalue weighted by molar-refractivity contribution is -0.675. The van der Waals surface area contributed by atoms with Gasteiger partial charge in [-0.2, -0.15) is 0 Å². The Hall–Kier alpha value is -4.55. The average molecular weight is 1230 g/mol. The molecule has 0 saturated heterocycles. The number of hydrogen-bond donors (Lipinski definition) is 0. The van der Waals surface area contributed by atoms with Crippen LogP contribution in [0.5, 0.6) is 0 Å². The molecule has 26 heteroatoms. The van der Waals surface area contributed by atoms with Crippen molar-refractivity contribution in [3.63, 3.8) is 0 Å². The number of allylic oxidation sites excluding steroid dienone is 4. The number of para-hydroxylation sites is 2. The van der Waals surface area contributed by atoms with Crippen LogP contribution in [-0.4, -0.2) is 91.5 Å². The number of benzene rings is 4. The van der Waals surface area contributed by atoms with E-state index in [2.05, 4.69) is 13.7 Å². The van der Waals surface area contributed by atoms with Crippen molar-refractivity contribution in [2.24, 2.45) is 0 Å². The van der Waals surface area contributed by atoms with Crippen molar-refractivity contribution in [3.8, 4) is 0 Å². The number of rotatable bonds is 22. The lowest BCUT2D eigenvalue weighted by atomic mass is 10.2. The van der Waals surface area contributed by atoms with E-state index in [0.29, 0.717) is 106 Å². The molecule has 0 amide bonds. The first-order valence-corrected chi connectivity index (χ1v) is 31.5. The predicted molar refractivity (Wildman–Crippen MR) is 305 cm³/mol. The zero-order valence-electron chi connectivity index (χ0n) is 41.9. The smallest absolute Gasteiger partial charge is 0.282 e. The Labute approximate surface area is 478 Å².